The maximum atomic E-state index is 5.75. The second-order valence-electron chi connectivity index (χ2n) is 8.50. The summed E-state index contributed by atoms with van der Waals surface area (Å²) in [6, 6.07) is 0. The van der Waals surface area contributed by atoms with Gasteiger partial charge < -0.3 is 9.47 Å². The number of ether oxygens (including phenoxy) is 2. The molecule has 0 radical (unpaired) electrons. The first-order valence-corrected chi connectivity index (χ1v) is 11.0. The minimum atomic E-state index is 0.853. The average molecular weight is 339 g/mol. The van der Waals surface area contributed by atoms with E-state index < -0.39 is 0 Å². The van der Waals surface area contributed by atoms with Crippen LogP contribution in [0.2, 0.25) is 0 Å². The normalized spacial score (nSPS) is 31.2. The molecule has 0 aromatic heterocycles. The lowest BCUT2D eigenvalue weighted by Crippen LogP contribution is -2.21. The van der Waals surface area contributed by atoms with Crippen molar-refractivity contribution in [2.75, 3.05) is 26.4 Å². The zero-order valence-corrected chi connectivity index (χ0v) is 16.4. The lowest BCUT2D eigenvalue weighted by molar-refractivity contribution is 0.0716. The van der Waals surface area contributed by atoms with Crippen molar-refractivity contribution in [3.8, 4) is 0 Å². The molecule has 2 nitrogen and oxygen atoms in total. The molecule has 0 saturated heterocycles. The van der Waals surface area contributed by atoms with Crippen molar-refractivity contribution < 1.29 is 9.47 Å². The van der Waals surface area contributed by atoms with Gasteiger partial charge >= 0.3 is 0 Å². The summed E-state index contributed by atoms with van der Waals surface area (Å²) in [5.74, 6) is 3.73. The molecule has 0 N–H and O–H groups in total. The molecule has 142 valence electrons. The highest BCUT2D eigenvalue weighted by Gasteiger charge is 2.24. The molecule has 2 heteroatoms. The van der Waals surface area contributed by atoms with E-state index >= 15 is 0 Å². The molecule has 2 aliphatic carbocycles. The molecule has 0 aliphatic heterocycles. The van der Waals surface area contributed by atoms with Gasteiger partial charge in [0.15, 0.2) is 0 Å². The molecule has 0 atom stereocenters. The van der Waals surface area contributed by atoms with Gasteiger partial charge in [-0.25, -0.2) is 0 Å². The van der Waals surface area contributed by atoms with Crippen molar-refractivity contribution in [1.82, 2.24) is 0 Å². The highest BCUT2D eigenvalue weighted by atomic mass is 16.5. The smallest absolute Gasteiger partial charge is 0.0494 e. The second-order valence-corrected chi connectivity index (χ2v) is 8.50. The summed E-state index contributed by atoms with van der Waals surface area (Å²) >= 11 is 0. The third-order valence-corrected chi connectivity index (χ3v) is 6.32. The molecule has 24 heavy (non-hydrogen) atoms. The minimum absolute atomic E-state index is 0.853. The van der Waals surface area contributed by atoms with E-state index in [0.29, 0.717) is 0 Å². The summed E-state index contributed by atoms with van der Waals surface area (Å²) in [4.78, 5) is 0. The quantitative estimate of drug-likeness (QED) is 0.416. The fourth-order valence-electron chi connectivity index (χ4n) is 4.63. The van der Waals surface area contributed by atoms with Gasteiger partial charge in [-0.15, -0.1) is 0 Å². The molecule has 0 bridgehead atoms. The van der Waals surface area contributed by atoms with Gasteiger partial charge in [-0.2, -0.15) is 0 Å². The Bertz CT molecular complexity index is 258. The number of hydrogen-bond acceptors (Lipinski definition) is 2. The first kappa shape index (κ1) is 20.2. The summed E-state index contributed by atoms with van der Waals surface area (Å²) in [5, 5.41) is 0. The molecule has 0 aromatic carbocycles. The maximum absolute atomic E-state index is 5.75. The van der Waals surface area contributed by atoms with E-state index in [1.165, 1.54) is 64.2 Å². The van der Waals surface area contributed by atoms with E-state index in [1.54, 1.807) is 0 Å². The molecular weight excluding hydrogens is 296 g/mol. The largest absolute Gasteiger partial charge is 0.381 e. The lowest BCUT2D eigenvalue weighted by Gasteiger charge is -2.32. The van der Waals surface area contributed by atoms with Crippen LogP contribution >= 0.6 is 0 Å². The molecule has 2 rings (SSSR count). The minimum Gasteiger partial charge on any atom is -0.381 e. The molecule has 2 fully saturated rings. The Morgan fingerprint density at radius 1 is 0.542 bits per heavy atom. The summed E-state index contributed by atoms with van der Waals surface area (Å²) in [6.07, 6.45) is 16.8. The maximum Gasteiger partial charge on any atom is 0.0494 e. The highest BCUT2D eigenvalue weighted by Crippen LogP contribution is 2.36. The molecule has 0 amide bonds. The van der Waals surface area contributed by atoms with Gasteiger partial charge in [-0.3, -0.25) is 0 Å². The van der Waals surface area contributed by atoms with Crippen LogP contribution in [0.4, 0.5) is 0 Å². The van der Waals surface area contributed by atoms with Gasteiger partial charge in [0.2, 0.25) is 0 Å². The Labute approximate surface area is 151 Å². The summed E-state index contributed by atoms with van der Waals surface area (Å²) < 4.78 is 11.5. The number of hydrogen-bond donors (Lipinski definition) is 0. The van der Waals surface area contributed by atoms with Crippen LogP contribution in [0.1, 0.15) is 90.9 Å². The van der Waals surface area contributed by atoms with E-state index in [0.717, 1.165) is 62.9 Å². The van der Waals surface area contributed by atoms with Crippen LogP contribution in [0.3, 0.4) is 0 Å². The molecule has 0 aromatic rings. The Balaban J connectivity index is 1.49. The van der Waals surface area contributed by atoms with Crippen molar-refractivity contribution in [3.05, 3.63) is 0 Å². The van der Waals surface area contributed by atoms with Gasteiger partial charge in [0, 0.05) is 26.4 Å². The Hall–Kier alpha value is -0.0800. The van der Waals surface area contributed by atoms with Crippen LogP contribution < -0.4 is 0 Å². The second kappa shape index (κ2) is 12.3. The standard InChI is InChI=1S/C22H42O2/c1-3-15-23-17-21-11-7-19(8-12-21)5-6-20-9-13-22(14-10-20)18-24-16-4-2/h19-22H,3-18H2,1-2H3/t19-,20?,21-,22?. The predicted molar refractivity (Wildman–Crippen MR) is 102 cm³/mol. The van der Waals surface area contributed by atoms with Gasteiger partial charge in [-0.1, -0.05) is 52.4 Å². The topological polar surface area (TPSA) is 18.5 Å². The molecule has 2 saturated carbocycles. The van der Waals surface area contributed by atoms with E-state index in [1.807, 2.05) is 0 Å². The van der Waals surface area contributed by atoms with Crippen LogP contribution in [0.25, 0.3) is 0 Å². The van der Waals surface area contributed by atoms with E-state index in [4.69, 9.17) is 9.47 Å². The molecule has 2 aliphatic rings. The Morgan fingerprint density at radius 3 is 1.21 bits per heavy atom. The fraction of sp³-hybridized carbons (Fsp3) is 1.00. The Kier molecular flexibility index (Phi) is 10.4. The summed E-state index contributed by atoms with van der Waals surface area (Å²) in [5.41, 5.74) is 0. The third kappa shape index (κ3) is 7.87. The molecule has 0 spiro atoms. The van der Waals surface area contributed by atoms with Crippen LogP contribution in [0.5, 0.6) is 0 Å². The molecule has 0 unspecified atom stereocenters. The van der Waals surface area contributed by atoms with Crippen molar-refractivity contribution in [1.29, 1.82) is 0 Å². The van der Waals surface area contributed by atoms with Crippen LogP contribution in [0.15, 0.2) is 0 Å². The highest BCUT2D eigenvalue weighted by molar-refractivity contribution is 4.76. The monoisotopic (exact) mass is 338 g/mol. The van der Waals surface area contributed by atoms with E-state index in [2.05, 4.69) is 13.8 Å². The first-order chi connectivity index (χ1) is 11.8. The van der Waals surface area contributed by atoms with Crippen molar-refractivity contribution >= 4 is 0 Å². The first-order valence-electron chi connectivity index (χ1n) is 11.0. The van der Waals surface area contributed by atoms with Crippen LogP contribution in [0, 0.1) is 23.7 Å². The molecule has 0 heterocycles. The van der Waals surface area contributed by atoms with Crippen LogP contribution in [-0.4, -0.2) is 26.4 Å². The summed E-state index contributed by atoms with van der Waals surface area (Å²) in [6.45, 7) is 8.33. The van der Waals surface area contributed by atoms with Gasteiger partial charge in [0.25, 0.3) is 0 Å². The zero-order chi connectivity index (χ0) is 17.0. The van der Waals surface area contributed by atoms with E-state index in [-0.39, 0.29) is 0 Å². The average Bonchev–Trinajstić information content (AvgIpc) is 2.63. The fourth-order valence-corrected chi connectivity index (χ4v) is 4.63. The van der Waals surface area contributed by atoms with Crippen LogP contribution in [-0.2, 0) is 9.47 Å². The zero-order valence-electron chi connectivity index (χ0n) is 16.4. The summed E-state index contributed by atoms with van der Waals surface area (Å²) in [7, 11) is 0. The van der Waals surface area contributed by atoms with Crippen molar-refractivity contribution in [3.63, 3.8) is 0 Å². The van der Waals surface area contributed by atoms with Gasteiger partial charge in [0.1, 0.15) is 0 Å². The Morgan fingerprint density at radius 2 is 0.875 bits per heavy atom. The molecular formula is C22H42O2. The number of rotatable bonds is 11. The third-order valence-electron chi connectivity index (χ3n) is 6.32. The predicted octanol–water partition coefficient (Wildman–Crippen LogP) is 6.23. The SMILES string of the molecule is CCCOCC1CCC(CC[C@H]2CC[C@H](COCCC)CC2)CC1. The van der Waals surface area contributed by atoms with E-state index in [9.17, 15) is 0 Å². The van der Waals surface area contributed by atoms with Crippen molar-refractivity contribution in [2.45, 2.75) is 90.9 Å². The van der Waals surface area contributed by atoms with Gasteiger partial charge in [0.05, 0.1) is 0 Å². The van der Waals surface area contributed by atoms with Gasteiger partial charge in [-0.05, 0) is 62.2 Å². The van der Waals surface area contributed by atoms with Crippen molar-refractivity contribution in [2.24, 2.45) is 23.7 Å². The lowest BCUT2D eigenvalue weighted by atomic mass is 9.76.